The molecule has 0 aliphatic carbocycles. The first-order valence-electron chi connectivity index (χ1n) is 2.82. The van der Waals surface area contributed by atoms with Crippen molar-refractivity contribution in [1.82, 2.24) is 0 Å². The standard InChI is InChI=1S/C7H12O/c1-3-5-6-7(8)4-2/h4,6,8H,2-3,5H2,1H3/b7-6+. The Morgan fingerprint density at radius 3 is 2.75 bits per heavy atom. The second kappa shape index (κ2) is 4.44. The van der Waals surface area contributed by atoms with Gasteiger partial charge in [0, 0.05) is 0 Å². The second-order valence-corrected chi connectivity index (χ2v) is 1.62. The highest BCUT2D eigenvalue weighted by molar-refractivity contribution is 5.05. The first kappa shape index (κ1) is 7.28. The zero-order valence-corrected chi connectivity index (χ0v) is 5.22. The molecule has 0 aliphatic heterocycles. The summed E-state index contributed by atoms with van der Waals surface area (Å²) in [5.74, 6) is 0.284. The predicted octanol–water partition coefficient (Wildman–Crippen LogP) is 2.41. The smallest absolute Gasteiger partial charge is 0.111 e. The quantitative estimate of drug-likeness (QED) is 0.439. The Hall–Kier alpha value is -0.720. The van der Waals surface area contributed by atoms with E-state index in [9.17, 15) is 0 Å². The molecule has 1 N–H and O–H groups in total. The fourth-order valence-electron chi connectivity index (χ4n) is 0.376. The van der Waals surface area contributed by atoms with Crippen molar-refractivity contribution in [2.45, 2.75) is 19.8 Å². The molecule has 1 nitrogen and oxygen atoms in total. The lowest BCUT2D eigenvalue weighted by Crippen LogP contribution is -1.71. The zero-order chi connectivity index (χ0) is 6.41. The van der Waals surface area contributed by atoms with Crippen LogP contribution in [0.25, 0.3) is 0 Å². The Bertz CT molecular complexity index is 92.6. The van der Waals surface area contributed by atoms with Gasteiger partial charge < -0.3 is 5.11 Å². The highest BCUT2D eigenvalue weighted by Crippen LogP contribution is 1.94. The van der Waals surface area contributed by atoms with Crippen LogP contribution in [-0.4, -0.2) is 5.11 Å². The van der Waals surface area contributed by atoms with E-state index in [1.807, 2.05) is 0 Å². The molecule has 0 bridgehead atoms. The maximum Gasteiger partial charge on any atom is 0.111 e. The third kappa shape index (κ3) is 3.47. The van der Waals surface area contributed by atoms with Crippen molar-refractivity contribution < 1.29 is 5.11 Å². The highest BCUT2D eigenvalue weighted by Gasteiger charge is 1.78. The molecule has 0 rings (SSSR count). The lowest BCUT2D eigenvalue weighted by atomic mass is 10.3. The van der Waals surface area contributed by atoms with E-state index in [1.165, 1.54) is 6.08 Å². The molecule has 0 aromatic rings. The van der Waals surface area contributed by atoms with Crippen molar-refractivity contribution in [2.24, 2.45) is 0 Å². The summed E-state index contributed by atoms with van der Waals surface area (Å²) >= 11 is 0. The number of aliphatic hydroxyl groups is 1. The van der Waals surface area contributed by atoms with Crippen molar-refractivity contribution in [3.8, 4) is 0 Å². The Balaban J connectivity index is 3.40. The van der Waals surface area contributed by atoms with Gasteiger partial charge >= 0.3 is 0 Å². The largest absolute Gasteiger partial charge is 0.508 e. The Labute approximate surface area is 50.3 Å². The average Bonchev–Trinajstić information content (AvgIpc) is 1.83. The first-order valence-corrected chi connectivity index (χ1v) is 2.82. The van der Waals surface area contributed by atoms with E-state index >= 15 is 0 Å². The maximum atomic E-state index is 8.73. The maximum absolute atomic E-state index is 8.73. The van der Waals surface area contributed by atoms with Gasteiger partial charge in [-0.05, 0) is 18.6 Å². The van der Waals surface area contributed by atoms with Crippen molar-refractivity contribution >= 4 is 0 Å². The van der Waals surface area contributed by atoms with Crippen LogP contribution in [-0.2, 0) is 0 Å². The number of hydrogen-bond acceptors (Lipinski definition) is 1. The minimum atomic E-state index is 0.284. The Kier molecular flexibility index (Phi) is 4.04. The summed E-state index contributed by atoms with van der Waals surface area (Å²) in [6.07, 6.45) is 5.19. The summed E-state index contributed by atoms with van der Waals surface area (Å²) in [7, 11) is 0. The number of rotatable bonds is 3. The number of allylic oxidation sites excluding steroid dienone is 2. The van der Waals surface area contributed by atoms with Crippen LogP contribution in [0.15, 0.2) is 24.5 Å². The third-order valence-corrected chi connectivity index (χ3v) is 0.851. The summed E-state index contributed by atoms with van der Waals surface area (Å²) in [5.41, 5.74) is 0. The number of unbranched alkanes of at least 4 members (excludes halogenated alkanes) is 1. The SMILES string of the molecule is C=C/C(O)=C\CCC. The van der Waals surface area contributed by atoms with Crippen LogP contribution in [0.4, 0.5) is 0 Å². The molecule has 0 unspecified atom stereocenters. The van der Waals surface area contributed by atoms with Gasteiger partial charge in [-0.2, -0.15) is 0 Å². The van der Waals surface area contributed by atoms with Crippen molar-refractivity contribution in [3.63, 3.8) is 0 Å². The first-order chi connectivity index (χ1) is 3.81. The molecular weight excluding hydrogens is 100 g/mol. The number of hydrogen-bond donors (Lipinski definition) is 1. The summed E-state index contributed by atoms with van der Waals surface area (Å²) < 4.78 is 0. The molecule has 0 aromatic carbocycles. The molecule has 46 valence electrons. The van der Waals surface area contributed by atoms with Crippen LogP contribution in [0.1, 0.15) is 19.8 Å². The van der Waals surface area contributed by atoms with Gasteiger partial charge in [0.25, 0.3) is 0 Å². The van der Waals surface area contributed by atoms with Crippen LogP contribution in [0.5, 0.6) is 0 Å². The van der Waals surface area contributed by atoms with Gasteiger partial charge in [-0.1, -0.05) is 19.9 Å². The van der Waals surface area contributed by atoms with Crippen LogP contribution < -0.4 is 0 Å². The van der Waals surface area contributed by atoms with Crippen LogP contribution in [0.3, 0.4) is 0 Å². The topological polar surface area (TPSA) is 20.2 Å². The van der Waals surface area contributed by atoms with E-state index in [1.54, 1.807) is 6.08 Å². The molecule has 0 amide bonds. The van der Waals surface area contributed by atoms with E-state index in [0.717, 1.165) is 12.8 Å². The fourth-order valence-corrected chi connectivity index (χ4v) is 0.376. The van der Waals surface area contributed by atoms with Crippen molar-refractivity contribution in [2.75, 3.05) is 0 Å². The van der Waals surface area contributed by atoms with E-state index in [4.69, 9.17) is 5.11 Å². The Morgan fingerprint density at radius 1 is 1.75 bits per heavy atom. The van der Waals surface area contributed by atoms with Gasteiger partial charge in [-0.15, -0.1) is 0 Å². The molecule has 0 aromatic heterocycles. The molecular formula is C7H12O. The van der Waals surface area contributed by atoms with Gasteiger partial charge in [0.2, 0.25) is 0 Å². The molecule has 0 heterocycles. The van der Waals surface area contributed by atoms with Crippen molar-refractivity contribution in [3.05, 3.63) is 24.5 Å². The summed E-state index contributed by atoms with van der Waals surface area (Å²) in [6, 6.07) is 0. The number of aliphatic hydroxyl groups excluding tert-OH is 1. The second-order valence-electron chi connectivity index (χ2n) is 1.62. The van der Waals surface area contributed by atoms with Gasteiger partial charge in [-0.3, -0.25) is 0 Å². The molecule has 0 spiro atoms. The minimum Gasteiger partial charge on any atom is -0.508 e. The summed E-state index contributed by atoms with van der Waals surface area (Å²) in [4.78, 5) is 0. The minimum absolute atomic E-state index is 0.284. The average molecular weight is 112 g/mol. The lowest BCUT2D eigenvalue weighted by Gasteiger charge is -1.86. The fraction of sp³-hybridized carbons (Fsp3) is 0.429. The van der Waals surface area contributed by atoms with Crippen LogP contribution in [0, 0.1) is 0 Å². The van der Waals surface area contributed by atoms with Crippen LogP contribution >= 0.6 is 0 Å². The molecule has 0 saturated heterocycles. The Morgan fingerprint density at radius 2 is 2.38 bits per heavy atom. The van der Waals surface area contributed by atoms with Gasteiger partial charge in [0.05, 0.1) is 0 Å². The molecule has 0 aliphatic rings. The van der Waals surface area contributed by atoms with Gasteiger partial charge in [0.1, 0.15) is 5.76 Å². The van der Waals surface area contributed by atoms with Crippen LogP contribution in [0.2, 0.25) is 0 Å². The predicted molar refractivity (Wildman–Crippen MR) is 35.8 cm³/mol. The van der Waals surface area contributed by atoms with E-state index < -0.39 is 0 Å². The molecule has 0 atom stereocenters. The molecule has 1 heteroatoms. The normalized spacial score (nSPS) is 11.4. The van der Waals surface area contributed by atoms with E-state index in [0.29, 0.717) is 0 Å². The van der Waals surface area contributed by atoms with Crippen molar-refractivity contribution in [1.29, 1.82) is 0 Å². The molecule has 0 radical (unpaired) electrons. The molecule has 0 saturated carbocycles. The van der Waals surface area contributed by atoms with E-state index in [-0.39, 0.29) is 5.76 Å². The zero-order valence-electron chi connectivity index (χ0n) is 5.22. The summed E-state index contributed by atoms with van der Waals surface area (Å²) in [6.45, 7) is 5.46. The van der Waals surface area contributed by atoms with E-state index in [2.05, 4.69) is 13.5 Å². The van der Waals surface area contributed by atoms with Gasteiger partial charge in [0.15, 0.2) is 0 Å². The highest BCUT2D eigenvalue weighted by atomic mass is 16.3. The van der Waals surface area contributed by atoms with Gasteiger partial charge in [-0.25, -0.2) is 0 Å². The third-order valence-electron chi connectivity index (χ3n) is 0.851. The monoisotopic (exact) mass is 112 g/mol. The molecule has 0 fully saturated rings. The molecule has 8 heavy (non-hydrogen) atoms. The lowest BCUT2D eigenvalue weighted by molar-refractivity contribution is 0.429. The summed E-state index contributed by atoms with van der Waals surface area (Å²) in [5, 5.41) is 8.73.